The summed E-state index contributed by atoms with van der Waals surface area (Å²) in [6, 6.07) is 34.2. The molecule has 224 valence electrons. The van der Waals surface area contributed by atoms with E-state index in [0.29, 0.717) is 33.2 Å². The summed E-state index contributed by atoms with van der Waals surface area (Å²) < 4.78 is 56.7. The van der Waals surface area contributed by atoms with Gasteiger partial charge in [0.15, 0.2) is 0 Å². The van der Waals surface area contributed by atoms with Crippen molar-refractivity contribution < 1.29 is 21.6 Å². The summed E-state index contributed by atoms with van der Waals surface area (Å²) in [6.07, 6.45) is 0. The maximum Gasteiger partial charge on any atom is 0.264 e. The third kappa shape index (κ3) is 7.11. The fraction of sp³-hybridized carbons (Fsp3) is 0.0606. The van der Waals surface area contributed by atoms with E-state index < -0.39 is 26.0 Å². The predicted octanol–water partition coefficient (Wildman–Crippen LogP) is 7.10. The van der Waals surface area contributed by atoms with Gasteiger partial charge in [0.2, 0.25) is 0 Å². The molecule has 0 radical (unpaired) electrons. The Morgan fingerprint density at radius 3 is 1.95 bits per heavy atom. The lowest BCUT2D eigenvalue weighted by Gasteiger charge is -2.26. The average molecular weight is 646 g/mol. The molecule has 2 N–H and O–H groups in total. The van der Waals surface area contributed by atoms with Crippen molar-refractivity contribution in [2.75, 3.05) is 14.3 Å². The predicted molar refractivity (Wildman–Crippen MR) is 174 cm³/mol. The number of amides is 1. The molecule has 1 amide bonds. The summed E-state index contributed by atoms with van der Waals surface area (Å²) in [5, 5.41) is 3.16. The van der Waals surface area contributed by atoms with Crippen LogP contribution in [-0.2, 0) is 26.6 Å². The maximum absolute atomic E-state index is 13.7. The van der Waals surface area contributed by atoms with Crippen LogP contribution in [0.25, 0.3) is 0 Å². The van der Waals surface area contributed by atoms with Gasteiger partial charge >= 0.3 is 0 Å². The molecule has 0 saturated heterocycles. The second-order valence-electron chi connectivity index (χ2n) is 9.90. The van der Waals surface area contributed by atoms with Crippen molar-refractivity contribution in [2.24, 2.45) is 0 Å². The molecule has 0 heterocycles. The lowest BCUT2D eigenvalue weighted by Crippen LogP contribution is -2.31. The van der Waals surface area contributed by atoms with E-state index in [-0.39, 0.29) is 16.3 Å². The number of rotatable bonds is 10. The molecule has 0 atom stereocenters. The number of benzene rings is 5. The van der Waals surface area contributed by atoms with E-state index >= 15 is 0 Å². The lowest BCUT2D eigenvalue weighted by molar-refractivity contribution is 0.102. The number of nitrogens with one attached hydrogen (secondary N) is 2. The SMILES string of the molecule is Cc1ccc(Cl)cc1N(Cc1ccc(C(=O)Nc2ccc(S(=O)(=O)Nc3ccccc3)cc2)cc1)S(=O)(=O)c1ccccc1. The largest absolute Gasteiger partial charge is 0.322 e. The van der Waals surface area contributed by atoms with Crippen molar-refractivity contribution >= 4 is 54.6 Å². The van der Waals surface area contributed by atoms with Gasteiger partial charge in [-0.25, -0.2) is 16.8 Å². The van der Waals surface area contributed by atoms with Crippen LogP contribution in [0.5, 0.6) is 0 Å². The standard InChI is InChI=1S/C33H28ClN3O5S2/c1-24-12-17-27(34)22-32(24)37(44(41,42)31-10-6-3-7-11-31)23-25-13-15-26(16-14-25)33(38)35-28-18-20-30(21-19-28)43(39,40)36-29-8-4-2-5-9-29/h2-22,36H,23H2,1H3,(H,35,38). The van der Waals surface area contributed by atoms with Gasteiger partial charge in [0.05, 0.1) is 22.0 Å². The Hall–Kier alpha value is -4.64. The highest BCUT2D eigenvalue weighted by Crippen LogP contribution is 2.31. The van der Waals surface area contributed by atoms with E-state index in [0.717, 1.165) is 5.56 Å². The molecule has 0 fully saturated rings. The van der Waals surface area contributed by atoms with Gasteiger partial charge in [0, 0.05) is 22.0 Å². The van der Waals surface area contributed by atoms with E-state index in [9.17, 15) is 21.6 Å². The topological polar surface area (TPSA) is 113 Å². The number of halogens is 1. The van der Waals surface area contributed by atoms with Gasteiger partial charge in [0.25, 0.3) is 26.0 Å². The molecular formula is C33H28ClN3O5S2. The number of carbonyl (C=O) groups is 1. The fourth-order valence-corrected chi connectivity index (χ4v) is 7.19. The number of nitrogens with zero attached hydrogens (tertiary/aromatic N) is 1. The highest BCUT2D eigenvalue weighted by atomic mass is 35.5. The zero-order chi connectivity index (χ0) is 31.3. The minimum absolute atomic E-state index is 0.00720. The highest BCUT2D eigenvalue weighted by Gasteiger charge is 2.26. The zero-order valence-electron chi connectivity index (χ0n) is 23.5. The Kier molecular flexibility index (Phi) is 9.05. The molecule has 0 saturated carbocycles. The number of sulfonamides is 2. The minimum atomic E-state index is -3.94. The molecule has 0 aromatic heterocycles. The summed E-state index contributed by atoms with van der Waals surface area (Å²) in [5.41, 5.74) is 3.03. The quantitative estimate of drug-likeness (QED) is 0.168. The summed E-state index contributed by atoms with van der Waals surface area (Å²) in [4.78, 5) is 13.1. The summed E-state index contributed by atoms with van der Waals surface area (Å²) in [5.74, 6) is -0.408. The van der Waals surface area contributed by atoms with Crippen molar-refractivity contribution in [1.82, 2.24) is 0 Å². The molecule has 0 bridgehead atoms. The number of carbonyl (C=O) groups excluding carboxylic acids is 1. The molecule has 0 aliphatic carbocycles. The number of hydrogen-bond donors (Lipinski definition) is 2. The third-order valence-electron chi connectivity index (χ3n) is 6.76. The number of anilines is 3. The van der Waals surface area contributed by atoms with Gasteiger partial charge in [-0.2, -0.15) is 0 Å². The second-order valence-corrected chi connectivity index (χ2v) is 13.9. The van der Waals surface area contributed by atoms with Crippen LogP contribution in [0.2, 0.25) is 5.02 Å². The highest BCUT2D eigenvalue weighted by molar-refractivity contribution is 7.93. The number of para-hydroxylation sites is 1. The van der Waals surface area contributed by atoms with Crippen LogP contribution >= 0.6 is 11.6 Å². The Morgan fingerprint density at radius 1 is 0.705 bits per heavy atom. The Labute approximate surface area is 262 Å². The van der Waals surface area contributed by atoms with Crippen molar-refractivity contribution in [3.8, 4) is 0 Å². The van der Waals surface area contributed by atoms with Gasteiger partial charge in [-0.15, -0.1) is 0 Å². The molecule has 44 heavy (non-hydrogen) atoms. The Morgan fingerprint density at radius 2 is 1.32 bits per heavy atom. The van der Waals surface area contributed by atoms with Gasteiger partial charge in [-0.3, -0.25) is 13.8 Å². The van der Waals surface area contributed by atoms with E-state index in [2.05, 4.69) is 10.0 Å². The van der Waals surface area contributed by atoms with E-state index in [4.69, 9.17) is 11.6 Å². The molecule has 0 unspecified atom stereocenters. The van der Waals surface area contributed by atoms with Crippen LogP contribution in [0, 0.1) is 6.92 Å². The monoisotopic (exact) mass is 645 g/mol. The third-order valence-corrected chi connectivity index (χ3v) is 10.2. The van der Waals surface area contributed by atoms with Gasteiger partial charge in [-0.05, 0) is 90.8 Å². The van der Waals surface area contributed by atoms with E-state index in [1.807, 2.05) is 6.92 Å². The van der Waals surface area contributed by atoms with Crippen LogP contribution in [-0.4, -0.2) is 22.7 Å². The minimum Gasteiger partial charge on any atom is -0.322 e. The fourth-order valence-electron chi connectivity index (χ4n) is 4.44. The number of aryl methyl sites for hydroxylation is 1. The first-order valence-electron chi connectivity index (χ1n) is 13.5. The van der Waals surface area contributed by atoms with Crippen LogP contribution in [0.15, 0.2) is 137 Å². The second kappa shape index (κ2) is 12.9. The van der Waals surface area contributed by atoms with E-state index in [1.54, 1.807) is 91.0 Å². The van der Waals surface area contributed by atoms with Crippen LogP contribution < -0.4 is 14.3 Å². The molecule has 5 aromatic carbocycles. The smallest absolute Gasteiger partial charge is 0.264 e. The van der Waals surface area contributed by atoms with Crippen LogP contribution in [0.3, 0.4) is 0 Å². The average Bonchev–Trinajstić information content (AvgIpc) is 3.02. The van der Waals surface area contributed by atoms with Crippen LogP contribution in [0.4, 0.5) is 17.1 Å². The molecule has 0 aliphatic heterocycles. The summed E-state index contributed by atoms with van der Waals surface area (Å²) in [7, 11) is -7.74. The maximum atomic E-state index is 13.7. The number of hydrogen-bond acceptors (Lipinski definition) is 5. The molecule has 0 aliphatic rings. The van der Waals surface area contributed by atoms with Crippen molar-refractivity contribution in [3.05, 3.63) is 149 Å². The van der Waals surface area contributed by atoms with Gasteiger partial charge in [-0.1, -0.05) is 66.2 Å². The van der Waals surface area contributed by atoms with Crippen molar-refractivity contribution in [2.45, 2.75) is 23.3 Å². The lowest BCUT2D eigenvalue weighted by atomic mass is 10.1. The van der Waals surface area contributed by atoms with Crippen molar-refractivity contribution in [1.29, 1.82) is 0 Å². The van der Waals surface area contributed by atoms with Crippen LogP contribution in [0.1, 0.15) is 21.5 Å². The molecule has 8 nitrogen and oxygen atoms in total. The zero-order valence-corrected chi connectivity index (χ0v) is 25.9. The molecule has 0 spiro atoms. The first kappa shape index (κ1) is 30.8. The molecular weight excluding hydrogens is 618 g/mol. The molecule has 5 rings (SSSR count). The molecule has 11 heteroatoms. The summed E-state index contributed by atoms with van der Waals surface area (Å²) in [6.45, 7) is 1.82. The van der Waals surface area contributed by atoms with Gasteiger partial charge in [0.1, 0.15) is 0 Å². The molecule has 5 aromatic rings. The first-order chi connectivity index (χ1) is 21.0. The van der Waals surface area contributed by atoms with Gasteiger partial charge < -0.3 is 5.32 Å². The normalized spacial score (nSPS) is 11.5. The van der Waals surface area contributed by atoms with Crippen molar-refractivity contribution in [3.63, 3.8) is 0 Å². The summed E-state index contributed by atoms with van der Waals surface area (Å²) >= 11 is 6.25. The Bertz CT molecular complexity index is 1990. The Balaban J connectivity index is 1.32. The first-order valence-corrected chi connectivity index (χ1v) is 16.8. The van der Waals surface area contributed by atoms with E-state index in [1.165, 1.54) is 40.7 Å².